The number of nitrogens with one attached hydrogen (secondary N) is 1. The van der Waals surface area contributed by atoms with Crippen molar-refractivity contribution in [2.45, 2.75) is 51.7 Å². The number of benzene rings is 1. The van der Waals surface area contributed by atoms with Crippen molar-refractivity contribution in [3.8, 4) is 5.75 Å². The van der Waals surface area contributed by atoms with Gasteiger partial charge in [0.1, 0.15) is 11.3 Å². The first-order chi connectivity index (χ1) is 10.9. The van der Waals surface area contributed by atoms with Crippen LogP contribution in [0.2, 0.25) is 5.02 Å². The fourth-order valence-corrected chi connectivity index (χ4v) is 2.95. The maximum absolute atomic E-state index is 12.2. The van der Waals surface area contributed by atoms with Crippen LogP contribution in [0.5, 0.6) is 5.75 Å². The summed E-state index contributed by atoms with van der Waals surface area (Å²) in [5.74, 6) is -0.900. The third-order valence-corrected chi connectivity index (χ3v) is 4.51. The number of esters is 1. The Balaban J connectivity index is 1.94. The smallest absolute Gasteiger partial charge is 0.342 e. The largest absolute Gasteiger partial charge is 0.507 e. The monoisotopic (exact) mass is 339 g/mol. The highest BCUT2D eigenvalue weighted by Crippen LogP contribution is 2.24. The lowest BCUT2D eigenvalue weighted by Crippen LogP contribution is -2.45. The van der Waals surface area contributed by atoms with Crippen molar-refractivity contribution in [2.24, 2.45) is 5.92 Å². The van der Waals surface area contributed by atoms with Gasteiger partial charge in [-0.15, -0.1) is 0 Å². The standard InChI is InChI=1S/C17H22ClNO4/c1-10-5-3-4-6-14(10)19-16(21)11(2)23-17(22)13-9-12(18)7-8-15(13)20/h7-11,14,20H,3-6H2,1-2H3,(H,19,21)/t10-,11+,14-/m0/s1. The second kappa shape index (κ2) is 7.68. The Morgan fingerprint density at radius 3 is 2.74 bits per heavy atom. The van der Waals surface area contributed by atoms with E-state index in [1.807, 2.05) is 0 Å². The molecule has 1 fully saturated rings. The molecule has 1 saturated carbocycles. The van der Waals surface area contributed by atoms with Crippen molar-refractivity contribution >= 4 is 23.5 Å². The predicted octanol–water partition coefficient (Wildman–Crippen LogP) is 3.29. The summed E-state index contributed by atoms with van der Waals surface area (Å²) >= 11 is 5.81. The molecular weight excluding hydrogens is 318 g/mol. The zero-order valence-electron chi connectivity index (χ0n) is 13.3. The molecule has 1 aromatic rings. The Morgan fingerprint density at radius 2 is 2.04 bits per heavy atom. The normalized spacial score (nSPS) is 22.2. The molecule has 0 unspecified atom stereocenters. The number of rotatable bonds is 4. The van der Waals surface area contributed by atoms with Gasteiger partial charge in [0.15, 0.2) is 6.10 Å². The summed E-state index contributed by atoms with van der Waals surface area (Å²) in [7, 11) is 0. The van der Waals surface area contributed by atoms with Crippen LogP contribution in [0.1, 0.15) is 49.9 Å². The Hall–Kier alpha value is -1.75. The number of amides is 1. The van der Waals surface area contributed by atoms with Crippen molar-refractivity contribution in [3.63, 3.8) is 0 Å². The van der Waals surface area contributed by atoms with Gasteiger partial charge in [-0.05, 0) is 43.9 Å². The molecule has 2 rings (SSSR count). The molecule has 0 aromatic heterocycles. The molecule has 3 atom stereocenters. The van der Waals surface area contributed by atoms with Crippen LogP contribution in [0.25, 0.3) is 0 Å². The lowest BCUT2D eigenvalue weighted by Gasteiger charge is -2.30. The van der Waals surface area contributed by atoms with E-state index in [1.165, 1.54) is 31.5 Å². The van der Waals surface area contributed by atoms with E-state index in [1.54, 1.807) is 0 Å². The highest BCUT2D eigenvalue weighted by Gasteiger charge is 2.27. The van der Waals surface area contributed by atoms with Gasteiger partial charge in [-0.1, -0.05) is 31.4 Å². The van der Waals surface area contributed by atoms with E-state index in [-0.39, 0.29) is 23.3 Å². The third kappa shape index (κ3) is 4.61. The molecule has 2 N–H and O–H groups in total. The van der Waals surface area contributed by atoms with Crippen molar-refractivity contribution in [3.05, 3.63) is 28.8 Å². The molecule has 0 aliphatic heterocycles. The van der Waals surface area contributed by atoms with Crippen molar-refractivity contribution < 1.29 is 19.4 Å². The molecule has 1 aliphatic rings. The molecule has 1 aliphatic carbocycles. The van der Waals surface area contributed by atoms with Gasteiger partial charge < -0.3 is 15.2 Å². The molecule has 6 heteroatoms. The van der Waals surface area contributed by atoms with E-state index >= 15 is 0 Å². The Morgan fingerprint density at radius 1 is 1.35 bits per heavy atom. The molecule has 0 saturated heterocycles. The van der Waals surface area contributed by atoms with E-state index in [2.05, 4.69) is 12.2 Å². The molecule has 1 amide bonds. The first-order valence-electron chi connectivity index (χ1n) is 7.88. The van der Waals surface area contributed by atoms with Crippen LogP contribution in [-0.2, 0) is 9.53 Å². The fraction of sp³-hybridized carbons (Fsp3) is 0.529. The Labute approximate surface area is 141 Å². The van der Waals surface area contributed by atoms with Gasteiger partial charge in [0.2, 0.25) is 0 Å². The number of ether oxygens (including phenoxy) is 1. The van der Waals surface area contributed by atoms with Gasteiger partial charge in [-0.25, -0.2) is 4.79 Å². The number of carbonyl (C=O) groups is 2. The van der Waals surface area contributed by atoms with E-state index in [0.29, 0.717) is 10.9 Å². The summed E-state index contributed by atoms with van der Waals surface area (Å²) in [5.41, 5.74) is -0.0526. The zero-order valence-corrected chi connectivity index (χ0v) is 14.1. The van der Waals surface area contributed by atoms with Gasteiger partial charge in [-0.3, -0.25) is 4.79 Å². The maximum Gasteiger partial charge on any atom is 0.342 e. The average Bonchev–Trinajstić information content (AvgIpc) is 2.51. The van der Waals surface area contributed by atoms with Gasteiger partial charge in [0, 0.05) is 11.1 Å². The third-order valence-electron chi connectivity index (χ3n) is 4.27. The molecule has 126 valence electrons. The highest BCUT2D eigenvalue weighted by atomic mass is 35.5. The van der Waals surface area contributed by atoms with Gasteiger partial charge >= 0.3 is 5.97 Å². The Kier molecular flexibility index (Phi) is 5.88. The van der Waals surface area contributed by atoms with E-state index in [9.17, 15) is 14.7 Å². The van der Waals surface area contributed by atoms with E-state index < -0.39 is 12.1 Å². The number of halogens is 1. The fourth-order valence-electron chi connectivity index (χ4n) is 2.78. The summed E-state index contributed by atoms with van der Waals surface area (Å²) in [4.78, 5) is 24.3. The summed E-state index contributed by atoms with van der Waals surface area (Å²) in [5, 5.41) is 12.9. The minimum absolute atomic E-state index is 0.0526. The topological polar surface area (TPSA) is 75.6 Å². The van der Waals surface area contributed by atoms with Crippen molar-refractivity contribution in [1.82, 2.24) is 5.32 Å². The molecule has 1 aromatic carbocycles. The van der Waals surface area contributed by atoms with Crippen molar-refractivity contribution in [1.29, 1.82) is 0 Å². The van der Waals surface area contributed by atoms with Crippen LogP contribution >= 0.6 is 11.6 Å². The molecule has 0 heterocycles. The van der Waals surface area contributed by atoms with E-state index in [4.69, 9.17) is 16.3 Å². The molecular formula is C17H22ClNO4. The second-order valence-corrected chi connectivity index (χ2v) is 6.52. The number of phenols is 1. The zero-order chi connectivity index (χ0) is 17.0. The number of hydrogen-bond donors (Lipinski definition) is 2. The lowest BCUT2D eigenvalue weighted by molar-refractivity contribution is -0.130. The quantitative estimate of drug-likeness (QED) is 0.825. The van der Waals surface area contributed by atoms with Gasteiger partial charge in [-0.2, -0.15) is 0 Å². The van der Waals surface area contributed by atoms with Gasteiger partial charge in [0.05, 0.1) is 0 Å². The number of carbonyl (C=O) groups excluding carboxylic acids is 2. The van der Waals surface area contributed by atoms with Crippen LogP contribution in [0.3, 0.4) is 0 Å². The van der Waals surface area contributed by atoms with Crippen LogP contribution in [0.15, 0.2) is 18.2 Å². The number of aromatic hydroxyl groups is 1. The minimum atomic E-state index is -0.935. The maximum atomic E-state index is 12.2. The van der Waals surface area contributed by atoms with Crippen LogP contribution in [0.4, 0.5) is 0 Å². The molecule has 0 radical (unpaired) electrons. The lowest BCUT2D eigenvalue weighted by atomic mass is 9.86. The molecule has 0 bridgehead atoms. The number of hydrogen-bond acceptors (Lipinski definition) is 4. The predicted molar refractivity (Wildman–Crippen MR) is 87.6 cm³/mol. The van der Waals surface area contributed by atoms with Crippen molar-refractivity contribution in [2.75, 3.05) is 0 Å². The van der Waals surface area contributed by atoms with Crippen LogP contribution in [0, 0.1) is 5.92 Å². The summed E-state index contributed by atoms with van der Waals surface area (Å²) in [6.07, 6.45) is 3.39. The first kappa shape index (κ1) is 17.6. The summed E-state index contributed by atoms with van der Waals surface area (Å²) < 4.78 is 5.14. The summed E-state index contributed by atoms with van der Waals surface area (Å²) in [6, 6.07) is 4.21. The Bertz CT molecular complexity index is 590. The van der Waals surface area contributed by atoms with Crippen LogP contribution in [-0.4, -0.2) is 29.1 Å². The van der Waals surface area contributed by atoms with E-state index in [0.717, 1.165) is 19.3 Å². The minimum Gasteiger partial charge on any atom is -0.507 e. The van der Waals surface area contributed by atoms with Crippen LogP contribution < -0.4 is 5.32 Å². The summed E-state index contributed by atoms with van der Waals surface area (Å²) in [6.45, 7) is 3.63. The molecule has 0 spiro atoms. The van der Waals surface area contributed by atoms with Gasteiger partial charge in [0.25, 0.3) is 5.91 Å². The second-order valence-electron chi connectivity index (χ2n) is 6.09. The average molecular weight is 340 g/mol. The molecule has 23 heavy (non-hydrogen) atoms. The molecule has 5 nitrogen and oxygen atoms in total. The number of phenolic OH excluding ortho intramolecular Hbond substituents is 1. The first-order valence-corrected chi connectivity index (χ1v) is 8.26. The highest BCUT2D eigenvalue weighted by molar-refractivity contribution is 6.31. The SMILES string of the molecule is C[C@@H](OC(=O)c1cc(Cl)ccc1O)C(=O)N[C@H]1CCCC[C@@H]1C.